The molecule has 1 heterocycles. The molecular weight excluding hydrogens is 386 g/mol. The fourth-order valence-corrected chi connectivity index (χ4v) is 3.46. The second kappa shape index (κ2) is 10.1. The van der Waals surface area contributed by atoms with Crippen molar-refractivity contribution in [2.45, 2.75) is 31.8 Å². The lowest BCUT2D eigenvalue weighted by Gasteiger charge is -2.11. The average molecular weight is 412 g/mol. The summed E-state index contributed by atoms with van der Waals surface area (Å²) in [5.41, 5.74) is 3.02. The number of ether oxygens (including phenoxy) is 2. The standard InChI is InChI=1S/C22H25N3O3S/c1-4-5-14-28-20(26)15-29-22-24-23-21(17-8-12-19(27-3)13-9-17)25(22)18-10-6-16(2)7-11-18/h6-13H,4-5,14-15H2,1-3H3. The van der Waals surface area contributed by atoms with Crippen molar-refractivity contribution in [1.82, 2.24) is 14.8 Å². The smallest absolute Gasteiger partial charge is 0.316 e. The summed E-state index contributed by atoms with van der Waals surface area (Å²) in [6, 6.07) is 15.8. The predicted molar refractivity (Wildman–Crippen MR) is 115 cm³/mol. The van der Waals surface area contributed by atoms with Crippen molar-refractivity contribution in [1.29, 1.82) is 0 Å². The highest BCUT2D eigenvalue weighted by Crippen LogP contribution is 2.29. The van der Waals surface area contributed by atoms with Crippen LogP contribution in [0.15, 0.2) is 53.7 Å². The Morgan fingerprint density at radius 3 is 2.45 bits per heavy atom. The summed E-state index contributed by atoms with van der Waals surface area (Å²) in [4.78, 5) is 12.0. The summed E-state index contributed by atoms with van der Waals surface area (Å²) in [5.74, 6) is 1.43. The number of benzene rings is 2. The number of carbonyl (C=O) groups is 1. The fourth-order valence-electron chi connectivity index (χ4n) is 2.71. The molecule has 3 aromatic rings. The van der Waals surface area contributed by atoms with Crippen LogP contribution in [-0.4, -0.2) is 40.2 Å². The van der Waals surface area contributed by atoms with Gasteiger partial charge >= 0.3 is 5.97 Å². The lowest BCUT2D eigenvalue weighted by Crippen LogP contribution is -2.09. The van der Waals surface area contributed by atoms with Gasteiger partial charge in [-0.3, -0.25) is 9.36 Å². The van der Waals surface area contributed by atoms with Crippen LogP contribution >= 0.6 is 11.8 Å². The van der Waals surface area contributed by atoms with E-state index in [0.717, 1.165) is 29.8 Å². The zero-order chi connectivity index (χ0) is 20.6. The topological polar surface area (TPSA) is 66.2 Å². The molecule has 0 atom stereocenters. The van der Waals surface area contributed by atoms with Crippen molar-refractivity contribution in [3.63, 3.8) is 0 Å². The van der Waals surface area contributed by atoms with Crippen molar-refractivity contribution < 1.29 is 14.3 Å². The van der Waals surface area contributed by atoms with Crippen molar-refractivity contribution >= 4 is 17.7 Å². The maximum atomic E-state index is 12.0. The number of aryl methyl sites for hydroxylation is 1. The monoisotopic (exact) mass is 411 g/mol. The Morgan fingerprint density at radius 2 is 1.79 bits per heavy atom. The summed E-state index contributed by atoms with van der Waals surface area (Å²) in [6.07, 6.45) is 1.87. The second-order valence-electron chi connectivity index (χ2n) is 6.57. The Bertz CT molecular complexity index is 937. The van der Waals surface area contributed by atoms with E-state index in [9.17, 15) is 4.79 Å². The normalized spacial score (nSPS) is 10.7. The molecule has 0 bridgehead atoms. The molecule has 0 unspecified atom stereocenters. The van der Waals surface area contributed by atoms with E-state index >= 15 is 0 Å². The third kappa shape index (κ3) is 5.38. The van der Waals surface area contributed by atoms with Gasteiger partial charge in [-0.15, -0.1) is 10.2 Å². The Hall–Kier alpha value is -2.80. The van der Waals surface area contributed by atoms with Crippen LogP contribution in [0.25, 0.3) is 17.1 Å². The molecule has 29 heavy (non-hydrogen) atoms. The maximum Gasteiger partial charge on any atom is 0.316 e. The molecule has 0 aliphatic heterocycles. The quantitative estimate of drug-likeness (QED) is 0.289. The number of methoxy groups -OCH3 is 1. The Kier molecular flexibility index (Phi) is 7.30. The largest absolute Gasteiger partial charge is 0.497 e. The minimum atomic E-state index is -0.243. The number of thioether (sulfide) groups is 1. The molecule has 1 aromatic heterocycles. The number of rotatable bonds is 9. The fraction of sp³-hybridized carbons (Fsp3) is 0.318. The minimum absolute atomic E-state index is 0.191. The van der Waals surface area contributed by atoms with Gasteiger partial charge in [-0.05, 0) is 49.7 Å². The van der Waals surface area contributed by atoms with E-state index in [1.807, 2.05) is 60.0 Å². The summed E-state index contributed by atoms with van der Waals surface area (Å²) in [6.45, 7) is 4.56. The minimum Gasteiger partial charge on any atom is -0.497 e. The first-order chi connectivity index (χ1) is 14.1. The van der Waals surface area contributed by atoms with Gasteiger partial charge in [0.15, 0.2) is 11.0 Å². The van der Waals surface area contributed by atoms with Gasteiger partial charge in [0.2, 0.25) is 0 Å². The highest BCUT2D eigenvalue weighted by molar-refractivity contribution is 7.99. The number of carbonyl (C=O) groups excluding carboxylic acids is 1. The van der Waals surface area contributed by atoms with Crippen LogP contribution < -0.4 is 4.74 Å². The van der Waals surface area contributed by atoms with Gasteiger partial charge in [0.25, 0.3) is 0 Å². The van der Waals surface area contributed by atoms with E-state index in [0.29, 0.717) is 17.6 Å². The van der Waals surface area contributed by atoms with Crippen molar-refractivity contribution in [2.24, 2.45) is 0 Å². The SMILES string of the molecule is CCCCOC(=O)CSc1nnc(-c2ccc(OC)cc2)n1-c1ccc(C)cc1. The zero-order valence-electron chi connectivity index (χ0n) is 16.9. The Labute approximate surface area is 175 Å². The molecule has 0 aliphatic rings. The molecule has 0 saturated carbocycles. The number of unbranched alkanes of at least 4 members (excludes halogenated alkanes) is 1. The third-order valence-electron chi connectivity index (χ3n) is 4.35. The van der Waals surface area contributed by atoms with Gasteiger partial charge in [-0.1, -0.05) is 42.8 Å². The van der Waals surface area contributed by atoms with E-state index in [1.54, 1.807) is 7.11 Å². The second-order valence-corrected chi connectivity index (χ2v) is 7.51. The van der Waals surface area contributed by atoms with Crippen LogP contribution in [0.5, 0.6) is 5.75 Å². The van der Waals surface area contributed by atoms with Gasteiger partial charge in [0, 0.05) is 11.3 Å². The summed E-state index contributed by atoms with van der Waals surface area (Å²) < 4.78 is 12.5. The van der Waals surface area contributed by atoms with E-state index < -0.39 is 0 Å². The van der Waals surface area contributed by atoms with Crippen LogP contribution in [0.3, 0.4) is 0 Å². The molecule has 0 amide bonds. The first kappa shape index (κ1) is 20.9. The lowest BCUT2D eigenvalue weighted by molar-refractivity contribution is -0.140. The molecule has 0 spiro atoms. The molecule has 3 rings (SSSR count). The van der Waals surface area contributed by atoms with Gasteiger partial charge in [-0.25, -0.2) is 0 Å². The zero-order valence-corrected chi connectivity index (χ0v) is 17.7. The van der Waals surface area contributed by atoms with Gasteiger partial charge in [0.05, 0.1) is 19.5 Å². The molecule has 0 aliphatic carbocycles. The maximum absolute atomic E-state index is 12.0. The Morgan fingerprint density at radius 1 is 1.07 bits per heavy atom. The molecular formula is C22H25N3O3S. The van der Waals surface area contributed by atoms with Crippen LogP contribution in [0.1, 0.15) is 25.3 Å². The molecule has 0 fully saturated rings. The first-order valence-electron chi connectivity index (χ1n) is 9.57. The number of nitrogens with zero attached hydrogens (tertiary/aromatic N) is 3. The van der Waals surface area contributed by atoms with E-state index in [4.69, 9.17) is 9.47 Å². The summed E-state index contributed by atoms with van der Waals surface area (Å²) in [7, 11) is 1.64. The highest BCUT2D eigenvalue weighted by atomic mass is 32.2. The third-order valence-corrected chi connectivity index (χ3v) is 5.26. The number of aromatic nitrogens is 3. The molecule has 152 valence electrons. The molecule has 2 aromatic carbocycles. The molecule has 6 nitrogen and oxygen atoms in total. The van der Waals surface area contributed by atoms with E-state index in [-0.39, 0.29) is 11.7 Å². The number of hydrogen-bond donors (Lipinski definition) is 0. The number of esters is 1. The molecule has 0 radical (unpaired) electrons. The van der Waals surface area contributed by atoms with Gasteiger partial charge in [-0.2, -0.15) is 0 Å². The van der Waals surface area contributed by atoms with Crippen LogP contribution in [-0.2, 0) is 9.53 Å². The number of hydrogen-bond acceptors (Lipinski definition) is 6. The molecule has 0 saturated heterocycles. The first-order valence-corrected chi connectivity index (χ1v) is 10.6. The van der Waals surface area contributed by atoms with Crippen LogP contribution in [0.4, 0.5) is 0 Å². The van der Waals surface area contributed by atoms with Crippen LogP contribution in [0, 0.1) is 6.92 Å². The molecule has 0 N–H and O–H groups in total. The van der Waals surface area contributed by atoms with Crippen molar-refractivity contribution in [3.05, 3.63) is 54.1 Å². The van der Waals surface area contributed by atoms with Crippen molar-refractivity contribution in [2.75, 3.05) is 19.5 Å². The summed E-state index contributed by atoms with van der Waals surface area (Å²) >= 11 is 1.33. The van der Waals surface area contributed by atoms with Gasteiger partial charge < -0.3 is 9.47 Å². The lowest BCUT2D eigenvalue weighted by atomic mass is 10.2. The van der Waals surface area contributed by atoms with Crippen molar-refractivity contribution in [3.8, 4) is 22.8 Å². The summed E-state index contributed by atoms with van der Waals surface area (Å²) in [5, 5.41) is 9.38. The highest BCUT2D eigenvalue weighted by Gasteiger charge is 2.17. The van der Waals surface area contributed by atoms with Gasteiger partial charge in [0.1, 0.15) is 5.75 Å². The predicted octanol–water partition coefficient (Wildman–Crippen LogP) is 4.69. The molecule has 7 heteroatoms. The van der Waals surface area contributed by atoms with E-state index in [1.165, 1.54) is 17.3 Å². The van der Waals surface area contributed by atoms with Crippen LogP contribution in [0.2, 0.25) is 0 Å². The Balaban J connectivity index is 1.88. The van der Waals surface area contributed by atoms with E-state index in [2.05, 4.69) is 17.1 Å². The average Bonchev–Trinajstić information content (AvgIpc) is 3.17.